The van der Waals surface area contributed by atoms with Crippen molar-refractivity contribution in [1.29, 1.82) is 0 Å². The summed E-state index contributed by atoms with van der Waals surface area (Å²) < 4.78 is 34.7. The number of rotatable bonds is 5. The van der Waals surface area contributed by atoms with Gasteiger partial charge < -0.3 is 14.5 Å². The number of fused-ring (bicyclic) bond motifs is 1. The quantitative estimate of drug-likeness (QED) is 0.838. The third-order valence-corrected chi connectivity index (χ3v) is 3.15. The Kier molecular flexibility index (Phi) is 4.59. The van der Waals surface area contributed by atoms with Crippen molar-refractivity contribution in [3.63, 3.8) is 0 Å². The van der Waals surface area contributed by atoms with Crippen molar-refractivity contribution in [3.8, 4) is 5.75 Å². The number of nitrogens with one attached hydrogen (secondary N) is 1. The number of aromatic amines is 1. The van der Waals surface area contributed by atoms with E-state index in [1.807, 2.05) is 0 Å². The number of hydrogen-bond acceptors (Lipinski definition) is 3. The number of benzene rings is 1. The van der Waals surface area contributed by atoms with E-state index in [0.717, 1.165) is 0 Å². The molecule has 20 heavy (non-hydrogen) atoms. The largest absolute Gasteiger partial charge is 0.486 e. The van der Waals surface area contributed by atoms with Crippen molar-refractivity contribution in [1.82, 2.24) is 4.98 Å². The van der Waals surface area contributed by atoms with Crippen LogP contribution in [0, 0.1) is 0 Å². The molecule has 0 saturated carbocycles. The topological polar surface area (TPSA) is 51.3 Å². The third-order valence-electron chi connectivity index (χ3n) is 2.53. The van der Waals surface area contributed by atoms with Crippen LogP contribution in [0.5, 0.6) is 5.75 Å². The molecule has 0 aliphatic heterocycles. The number of alkyl halides is 2. The van der Waals surface area contributed by atoms with E-state index in [1.54, 1.807) is 25.1 Å². The molecule has 2 rings (SSSR count). The summed E-state index contributed by atoms with van der Waals surface area (Å²) in [5.74, 6) is -0.165. The van der Waals surface area contributed by atoms with E-state index in [2.05, 4.69) is 20.9 Å². The predicted molar refractivity (Wildman–Crippen MR) is 73.5 cm³/mol. The Morgan fingerprint density at radius 3 is 2.80 bits per heavy atom. The van der Waals surface area contributed by atoms with Crippen LogP contribution in [-0.4, -0.2) is 30.6 Å². The average Bonchev–Trinajstić information content (AvgIpc) is 2.79. The third kappa shape index (κ3) is 3.27. The Hall–Kier alpha value is -1.63. The van der Waals surface area contributed by atoms with E-state index in [-0.39, 0.29) is 6.61 Å². The highest BCUT2D eigenvalue weighted by Gasteiger charge is 2.13. The Labute approximate surface area is 122 Å². The highest BCUT2D eigenvalue weighted by Crippen LogP contribution is 2.31. The van der Waals surface area contributed by atoms with Gasteiger partial charge in [-0.15, -0.1) is 0 Å². The molecule has 0 atom stereocenters. The zero-order chi connectivity index (χ0) is 14.7. The maximum Gasteiger partial charge on any atom is 0.354 e. The van der Waals surface area contributed by atoms with Gasteiger partial charge in [0.15, 0.2) is 0 Å². The number of H-pyrrole nitrogens is 1. The average molecular weight is 348 g/mol. The van der Waals surface area contributed by atoms with Crippen molar-refractivity contribution in [2.24, 2.45) is 0 Å². The molecule has 1 aromatic carbocycles. The minimum absolute atomic E-state index is 0.278. The summed E-state index contributed by atoms with van der Waals surface area (Å²) in [5.41, 5.74) is 0.990. The van der Waals surface area contributed by atoms with Gasteiger partial charge in [-0.2, -0.15) is 0 Å². The Morgan fingerprint density at radius 2 is 2.15 bits per heavy atom. The van der Waals surface area contributed by atoms with Crippen LogP contribution in [-0.2, 0) is 4.74 Å². The number of aromatic nitrogens is 1. The lowest BCUT2D eigenvalue weighted by Gasteiger charge is -2.07. The molecule has 0 radical (unpaired) electrons. The molecule has 0 bridgehead atoms. The van der Waals surface area contributed by atoms with Crippen molar-refractivity contribution in [2.45, 2.75) is 13.3 Å². The molecule has 1 heterocycles. The number of hydrogen-bond donors (Lipinski definition) is 1. The van der Waals surface area contributed by atoms with Crippen LogP contribution < -0.4 is 4.74 Å². The van der Waals surface area contributed by atoms with Gasteiger partial charge in [0, 0.05) is 10.9 Å². The lowest BCUT2D eigenvalue weighted by molar-refractivity contribution is 0.0520. The second-order valence-corrected chi connectivity index (χ2v) is 4.83. The van der Waals surface area contributed by atoms with Gasteiger partial charge in [0.1, 0.15) is 18.1 Å². The van der Waals surface area contributed by atoms with E-state index in [1.165, 1.54) is 0 Å². The second-order valence-electron chi connectivity index (χ2n) is 3.98. The first-order valence-corrected chi connectivity index (χ1v) is 6.71. The van der Waals surface area contributed by atoms with Crippen molar-refractivity contribution in [2.75, 3.05) is 13.2 Å². The van der Waals surface area contributed by atoms with E-state index in [9.17, 15) is 13.6 Å². The Bertz CT molecular complexity index is 627. The minimum atomic E-state index is -2.54. The van der Waals surface area contributed by atoms with Crippen LogP contribution in [0.4, 0.5) is 8.78 Å². The molecule has 2 aromatic rings. The maximum atomic E-state index is 12.2. The summed E-state index contributed by atoms with van der Waals surface area (Å²) in [4.78, 5) is 14.5. The monoisotopic (exact) mass is 347 g/mol. The Balaban J connectivity index is 2.30. The minimum Gasteiger partial charge on any atom is -0.486 e. The van der Waals surface area contributed by atoms with E-state index in [4.69, 9.17) is 9.47 Å². The molecule has 108 valence electrons. The van der Waals surface area contributed by atoms with Gasteiger partial charge >= 0.3 is 5.97 Å². The zero-order valence-corrected chi connectivity index (χ0v) is 12.2. The molecule has 0 aliphatic rings. The molecule has 7 heteroatoms. The van der Waals surface area contributed by atoms with Crippen LogP contribution in [0.2, 0.25) is 0 Å². The van der Waals surface area contributed by atoms with Crippen molar-refractivity contribution >= 4 is 32.8 Å². The molecule has 1 aromatic heterocycles. The molecule has 0 spiro atoms. The van der Waals surface area contributed by atoms with Gasteiger partial charge in [0.05, 0.1) is 11.1 Å². The standard InChI is InChI=1S/C13H12BrF2NO3/c1-2-19-13(18)10-3-7-4-11(20-6-12(15)16)8(14)5-9(7)17-10/h3-5,12,17H,2,6H2,1H3. The van der Waals surface area contributed by atoms with Crippen molar-refractivity contribution < 1.29 is 23.0 Å². The van der Waals surface area contributed by atoms with Gasteiger partial charge in [-0.25, -0.2) is 13.6 Å². The van der Waals surface area contributed by atoms with Crippen LogP contribution >= 0.6 is 15.9 Å². The highest BCUT2D eigenvalue weighted by molar-refractivity contribution is 9.10. The summed E-state index contributed by atoms with van der Waals surface area (Å²) in [5, 5.41) is 0.681. The number of carbonyl (C=O) groups excluding carboxylic acids is 1. The molecular formula is C13H12BrF2NO3. The number of esters is 1. The summed E-state index contributed by atoms with van der Waals surface area (Å²) in [6, 6.07) is 4.84. The Morgan fingerprint density at radius 1 is 1.40 bits per heavy atom. The first-order chi connectivity index (χ1) is 9.51. The van der Waals surface area contributed by atoms with Crippen LogP contribution in [0.15, 0.2) is 22.7 Å². The molecule has 1 N–H and O–H groups in total. The first-order valence-electron chi connectivity index (χ1n) is 5.91. The summed E-state index contributed by atoms with van der Waals surface area (Å²) in [6.45, 7) is 1.31. The van der Waals surface area contributed by atoms with Gasteiger partial charge in [-0.3, -0.25) is 0 Å². The molecule has 0 unspecified atom stereocenters. The fourth-order valence-corrected chi connectivity index (χ4v) is 2.17. The molecule has 4 nitrogen and oxygen atoms in total. The zero-order valence-electron chi connectivity index (χ0n) is 10.6. The van der Waals surface area contributed by atoms with Crippen LogP contribution in [0.3, 0.4) is 0 Å². The van der Waals surface area contributed by atoms with Gasteiger partial charge in [-0.05, 0) is 41.1 Å². The van der Waals surface area contributed by atoms with Gasteiger partial charge in [0.25, 0.3) is 6.43 Å². The lowest BCUT2D eigenvalue weighted by atomic mass is 10.2. The first kappa shape index (κ1) is 14.8. The second kappa shape index (κ2) is 6.21. The highest BCUT2D eigenvalue weighted by atomic mass is 79.9. The van der Waals surface area contributed by atoms with Crippen LogP contribution in [0.1, 0.15) is 17.4 Å². The van der Waals surface area contributed by atoms with E-state index < -0.39 is 19.0 Å². The predicted octanol–water partition coefficient (Wildman–Crippen LogP) is 3.75. The van der Waals surface area contributed by atoms with Gasteiger partial charge in [-0.1, -0.05) is 0 Å². The van der Waals surface area contributed by atoms with Gasteiger partial charge in [0.2, 0.25) is 0 Å². The smallest absolute Gasteiger partial charge is 0.354 e. The molecule has 0 amide bonds. The summed E-state index contributed by atoms with van der Waals surface area (Å²) in [7, 11) is 0. The SMILES string of the molecule is CCOC(=O)c1cc2cc(OCC(F)F)c(Br)cc2[nH]1. The van der Waals surface area contributed by atoms with Crippen LogP contribution in [0.25, 0.3) is 10.9 Å². The molecule has 0 saturated heterocycles. The number of carbonyl (C=O) groups is 1. The summed E-state index contributed by atoms with van der Waals surface area (Å²) >= 11 is 3.24. The van der Waals surface area contributed by atoms with E-state index in [0.29, 0.717) is 26.8 Å². The normalized spacial score (nSPS) is 11.1. The molecular weight excluding hydrogens is 336 g/mol. The number of ether oxygens (including phenoxy) is 2. The van der Waals surface area contributed by atoms with Crippen molar-refractivity contribution in [3.05, 3.63) is 28.4 Å². The maximum absolute atomic E-state index is 12.2. The molecule has 0 aliphatic carbocycles. The summed E-state index contributed by atoms with van der Waals surface area (Å²) in [6.07, 6.45) is -2.54. The molecule has 0 fully saturated rings. The van der Waals surface area contributed by atoms with E-state index >= 15 is 0 Å². The fraction of sp³-hybridized carbons (Fsp3) is 0.308. The fourth-order valence-electron chi connectivity index (χ4n) is 1.72. The lowest BCUT2D eigenvalue weighted by Crippen LogP contribution is -2.07. The number of halogens is 3.